The Labute approximate surface area is 205 Å². The predicted octanol–water partition coefficient (Wildman–Crippen LogP) is 4.46. The number of nitrogens with zero attached hydrogens (tertiary/aromatic N) is 3. The Morgan fingerprint density at radius 2 is 1.66 bits per heavy atom. The molecule has 3 aromatic carbocycles. The number of fused-ring (bicyclic) bond motifs is 1. The molecule has 0 saturated heterocycles. The van der Waals surface area contributed by atoms with E-state index < -0.39 is 0 Å². The van der Waals surface area contributed by atoms with Crippen molar-refractivity contribution in [3.63, 3.8) is 0 Å². The van der Waals surface area contributed by atoms with E-state index in [1.807, 2.05) is 77.9 Å². The Balaban J connectivity index is 1.51. The zero-order chi connectivity index (χ0) is 24.8. The second-order valence-corrected chi connectivity index (χ2v) is 8.53. The molecule has 0 spiro atoms. The summed E-state index contributed by atoms with van der Waals surface area (Å²) in [5.74, 6) is 1.27. The van der Waals surface area contributed by atoms with Crippen molar-refractivity contribution in [2.45, 2.75) is 32.9 Å². The molecule has 4 aromatic rings. The standard InChI is InChI=1S/C28H30N4O3/c1-20(2)32(22-9-5-4-6-10-22)27(33)19-31-25-12-8-7-11-24(25)30-26(31)17-18-29-28(34)21-13-15-23(35-3)16-14-21/h4-16,20H,17-19H2,1-3H3,(H,29,34). The molecule has 0 aliphatic heterocycles. The molecule has 0 aliphatic carbocycles. The number of aromatic nitrogens is 2. The quantitative estimate of drug-likeness (QED) is 0.392. The second kappa shape index (κ2) is 10.9. The Morgan fingerprint density at radius 3 is 2.34 bits per heavy atom. The van der Waals surface area contributed by atoms with Gasteiger partial charge in [0.15, 0.2) is 0 Å². The number of carbonyl (C=O) groups excluding carboxylic acids is 2. The van der Waals surface area contributed by atoms with Crippen molar-refractivity contribution in [1.82, 2.24) is 14.9 Å². The number of amides is 2. The molecule has 7 heteroatoms. The average Bonchev–Trinajstić information content (AvgIpc) is 3.21. The third-order valence-corrected chi connectivity index (χ3v) is 5.83. The lowest BCUT2D eigenvalue weighted by Crippen LogP contribution is -2.39. The van der Waals surface area contributed by atoms with Crippen molar-refractivity contribution in [1.29, 1.82) is 0 Å². The molecule has 0 radical (unpaired) electrons. The van der Waals surface area contributed by atoms with E-state index in [0.29, 0.717) is 24.3 Å². The summed E-state index contributed by atoms with van der Waals surface area (Å²) in [5.41, 5.74) is 3.15. The second-order valence-electron chi connectivity index (χ2n) is 8.53. The van der Waals surface area contributed by atoms with Crippen LogP contribution in [0.25, 0.3) is 11.0 Å². The van der Waals surface area contributed by atoms with Crippen molar-refractivity contribution in [3.8, 4) is 5.75 Å². The number of methoxy groups -OCH3 is 1. The van der Waals surface area contributed by atoms with Crippen LogP contribution >= 0.6 is 0 Å². The van der Waals surface area contributed by atoms with Crippen LogP contribution in [0.1, 0.15) is 30.0 Å². The molecule has 180 valence electrons. The smallest absolute Gasteiger partial charge is 0.251 e. The maximum Gasteiger partial charge on any atom is 0.251 e. The molecule has 0 aliphatic rings. The van der Waals surface area contributed by atoms with Gasteiger partial charge in [0.05, 0.1) is 18.1 Å². The minimum atomic E-state index is -0.165. The van der Waals surface area contributed by atoms with Crippen LogP contribution in [0.3, 0.4) is 0 Å². The summed E-state index contributed by atoms with van der Waals surface area (Å²) < 4.78 is 7.10. The monoisotopic (exact) mass is 470 g/mol. The SMILES string of the molecule is COc1ccc(C(=O)NCCc2nc3ccccc3n2CC(=O)N(c2ccccc2)C(C)C)cc1. The van der Waals surface area contributed by atoms with E-state index in [4.69, 9.17) is 9.72 Å². The summed E-state index contributed by atoms with van der Waals surface area (Å²) in [4.78, 5) is 32.6. The molecule has 0 unspecified atom stereocenters. The van der Waals surface area contributed by atoms with E-state index in [2.05, 4.69) is 5.32 Å². The first-order valence-corrected chi connectivity index (χ1v) is 11.7. The van der Waals surface area contributed by atoms with Gasteiger partial charge in [0.25, 0.3) is 5.91 Å². The predicted molar refractivity (Wildman–Crippen MR) is 138 cm³/mol. The number of benzene rings is 3. The molecule has 0 bridgehead atoms. The minimum absolute atomic E-state index is 0.00641. The molecule has 0 fully saturated rings. The van der Waals surface area contributed by atoms with E-state index in [1.165, 1.54) is 0 Å². The molecule has 2 amide bonds. The van der Waals surface area contributed by atoms with Crippen molar-refractivity contribution in [3.05, 3.63) is 90.3 Å². The van der Waals surface area contributed by atoms with Gasteiger partial charge < -0.3 is 19.5 Å². The molecule has 7 nitrogen and oxygen atoms in total. The summed E-state index contributed by atoms with van der Waals surface area (Å²) in [6.07, 6.45) is 0.497. The van der Waals surface area contributed by atoms with Crippen LogP contribution < -0.4 is 15.0 Å². The first-order valence-electron chi connectivity index (χ1n) is 11.7. The van der Waals surface area contributed by atoms with E-state index in [1.54, 1.807) is 31.4 Å². The lowest BCUT2D eigenvalue weighted by atomic mass is 10.2. The van der Waals surface area contributed by atoms with Gasteiger partial charge in [-0.05, 0) is 62.4 Å². The van der Waals surface area contributed by atoms with Crippen LogP contribution in [0.15, 0.2) is 78.9 Å². The zero-order valence-electron chi connectivity index (χ0n) is 20.3. The van der Waals surface area contributed by atoms with Gasteiger partial charge in [-0.2, -0.15) is 0 Å². The Bertz CT molecular complexity index is 1300. The molecule has 0 saturated carbocycles. The van der Waals surface area contributed by atoms with Crippen molar-refractivity contribution in [2.24, 2.45) is 0 Å². The number of carbonyl (C=O) groups is 2. The summed E-state index contributed by atoms with van der Waals surface area (Å²) in [6.45, 7) is 4.57. The van der Waals surface area contributed by atoms with Crippen LogP contribution in [0, 0.1) is 0 Å². The van der Waals surface area contributed by atoms with Crippen LogP contribution in [-0.4, -0.2) is 41.1 Å². The average molecular weight is 471 g/mol. The molecule has 1 aromatic heterocycles. The van der Waals surface area contributed by atoms with Gasteiger partial charge in [-0.25, -0.2) is 4.98 Å². The molecule has 1 heterocycles. The van der Waals surface area contributed by atoms with Gasteiger partial charge in [0.1, 0.15) is 18.1 Å². The number of nitrogens with one attached hydrogen (secondary N) is 1. The fourth-order valence-electron chi connectivity index (χ4n) is 4.16. The lowest BCUT2D eigenvalue weighted by Gasteiger charge is -2.27. The maximum atomic E-state index is 13.5. The van der Waals surface area contributed by atoms with Gasteiger partial charge in [0, 0.05) is 30.3 Å². The number of hydrogen-bond donors (Lipinski definition) is 1. The highest BCUT2D eigenvalue weighted by atomic mass is 16.5. The fourth-order valence-corrected chi connectivity index (χ4v) is 4.16. The normalized spacial score (nSPS) is 11.0. The van der Waals surface area contributed by atoms with Crippen molar-refractivity contribution in [2.75, 3.05) is 18.6 Å². The van der Waals surface area contributed by atoms with E-state index in [0.717, 1.165) is 22.5 Å². The maximum absolute atomic E-state index is 13.5. The van der Waals surface area contributed by atoms with Gasteiger partial charge in [0.2, 0.25) is 5.91 Å². The number of imidazole rings is 1. The highest BCUT2D eigenvalue weighted by molar-refractivity contribution is 5.95. The van der Waals surface area contributed by atoms with E-state index >= 15 is 0 Å². The topological polar surface area (TPSA) is 76.5 Å². The third kappa shape index (κ3) is 5.51. The Morgan fingerprint density at radius 1 is 0.971 bits per heavy atom. The Hall–Kier alpha value is -4.13. The fraction of sp³-hybridized carbons (Fsp3) is 0.250. The first-order chi connectivity index (χ1) is 17.0. The van der Waals surface area contributed by atoms with Crippen molar-refractivity contribution < 1.29 is 14.3 Å². The van der Waals surface area contributed by atoms with Crippen LogP contribution in [-0.2, 0) is 17.8 Å². The zero-order valence-corrected chi connectivity index (χ0v) is 20.3. The molecular formula is C28H30N4O3. The lowest BCUT2D eigenvalue weighted by molar-refractivity contribution is -0.119. The Kier molecular flexibility index (Phi) is 7.45. The molecule has 1 N–H and O–H groups in total. The molecule has 35 heavy (non-hydrogen) atoms. The number of hydrogen-bond acceptors (Lipinski definition) is 4. The van der Waals surface area contributed by atoms with Crippen LogP contribution in [0.2, 0.25) is 0 Å². The summed E-state index contributed by atoms with van der Waals surface area (Å²) in [7, 11) is 1.59. The van der Waals surface area contributed by atoms with Gasteiger partial charge >= 0.3 is 0 Å². The van der Waals surface area contributed by atoms with E-state index in [-0.39, 0.29) is 24.4 Å². The number of ether oxygens (including phenoxy) is 1. The number of rotatable bonds is 9. The third-order valence-electron chi connectivity index (χ3n) is 5.83. The van der Waals surface area contributed by atoms with Crippen molar-refractivity contribution >= 4 is 28.5 Å². The number of para-hydroxylation sites is 3. The van der Waals surface area contributed by atoms with Crippen LogP contribution in [0.4, 0.5) is 5.69 Å². The highest BCUT2D eigenvalue weighted by Gasteiger charge is 2.22. The van der Waals surface area contributed by atoms with Crippen LogP contribution in [0.5, 0.6) is 5.75 Å². The van der Waals surface area contributed by atoms with Gasteiger partial charge in [-0.1, -0.05) is 30.3 Å². The summed E-state index contributed by atoms with van der Waals surface area (Å²) in [6, 6.07) is 24.4. The first kappa shape index (κ1) is 24.0. The minimum Gasteiger partial charge on any atom is -0.497 e. The highest BCUT2D eigenvalue weighted by Crippen LogP contribution is 2.21. The van der Waals surface area contributed by atoms with Gasteiger partial charge in [-0.15, -0.1) is 0 Å². The number of anilines is 1. The molecule has 4 rings (SSSR count). The molecular weight excluding hydrogens is 440 g/mol. The summed E-state index contributed by atoms with van der Waals surface area (Å²) >= 11 is 0. The largest absolute Gasteiger partial charge is 0.497 e. The molecule has 0 atom stereocenters. The van der Waals surface area contributed by atoms with E-state index in [9.17, 15) is 9.59 Å². The van der Waals surface area contributed by atoms with Gasteiger partial charge in [-0.3, -0.25) is 9.59 Å². The summed E-state index contributed by atoms with van der Waals surface area (Å²) in [5, 5.41) is 2.95.